The molecule has 43 heavy (non-hydrogen) atoms. The molecule has 0 radical (unpaired) electrons. The van der Waals surface area contributed by atoms with Crippen LogP contribution in [-0.2, 0) is 18.7 Å². The normalized spacial score (nSPS) is 33.6. The van der Waals surface area contributed by atoms with Crippen LogP contribution in [0.5, 0.6) is 0 Å². The Morgan fingerprint density at radius 1 is 1.05 bits per heavy atom. The summed E-state index contributed by atoms with van der Waals surface area (Å²) in [4.78, 5) is 0.248. The molecule has 0 amide bonds. The molecule has 4 nitrogen and oxygen atoms in total. The average molecular weight is 627 g/mol. The fourth-order valence-electron chi connectivity index (χ4n) is 8.75. The number of hydrogen-bond acceptors (Lipinski definition) is 4. The zero-order chi connectivity index (χ0) is 31.4. The molecule has 4 aliphatic carbocycles. The monoisotopic (exact) mass is 626 g/mol. The van der Waals surface area contributed by atoms with E-state index < -0.39 is 18.4 Å². The molecular weight excluding hydrogens is 569 g/mol. The highest BCUT2D eigenvalue weighted by Crippen LogP contribution is 2.63. The summed E-state index contributed by atoms with van der Waals surface area (Å²) < 4.78 is 38.6. The highest BCUT2D eigenvalue weighted by atomic mass is 32.2. The van der Waals surface area contributed by atoms with Gasteiger partial charge in [-0.1, -0.05) is 82.5 Å². The van der Waals surface area contributed by atoms with Crippen LogP contribution in [0.15, 0.2) is 52.5 Å². The third kappa shape index (κ3) is 6.55. The Morgan fingerprint density at radius 2 is 1.72 bits per heavy atom. The lowest BCUT2D eigenvalue weighted by Gasteiger charge is -2.46. The molecule has 4 fully saturated rings. The van der Waals surface area contributed by atoms with Gasteiger partial charge in [0.15, 0.2) is 8.32 Å². The van der Waals surface area contributed by atoms with Crippen LogP contribution in [0.3, 0.4) is 0 Å². The van der Waals surface area contributed by atoms with Crippen molar-refractivity contribution < 1.29 is 17.0 Å². The highest BCUT2D eigenvalue weighted by molar-refractivity contribution is 7.86. The van der Waals surface area contributed by atoms with Gasteiger partial charge in [-0.3, -0.25) is 4.18 Å². The molecule has 5 rings (SSSR count). The van der Waals surface area contributed by atoms with Crippen molar-refractivity contribution in [2.75, 3.05) is 6.61 Å². The van der Waals surface area contributed by atoms with Crippen LogP contribution in [0.2, 0.25) is 18.1 Å². The van der Waals surface area contributed by atoms with Crippen LogP contribution in [0.25, 0.3) is 0 Å². The molecule has 0 heterocycles. The predicted molar refractivity (Wildman–Crippen MR) is 180 cm³/mol. The van der Waals surface area contributed by atoms with E-state index in [4.69, 9.17) is 8.61 Å². The first-order valence-corrected chi connectivity index (χ1v) is 21.3. The lowest BCUT2D eigenvalue weighted by atomic mass is 9.61. The van der Waals surface area contributed by atoms with Gasteiger partial charge in [-0.2, -0.15) is 8.42 Å². The van der Waals surface area contributed by atoms with E-state index in [2.05, 4.69) is 66.8 Å². The van der Waals surface area contributed by atoms with Crippen molar-refractivity contribution in [1.82, 2.24) is 0 Å². The van der Waals surface area contributed by atoms with Gasteiger partial charge < -0.3 is 4.43 Å². The van der Waals surface area contributed by atoms with Crippen molar-refractivity contribution in [2.24, 2.45) is 34.5 Å². The van der Waals surface area contributed by atoms with Crippen molar-refractivity contribution in [1.29, 1.82) is 0 Å². The number of hydrogen-bond donors (Lipinski definition) is 0. The van der Waals surface area contributed by atoms with Gasteiger partial charge in [0.1, 0.15) is 0 Å². The fourth-order valence-corrected chi connectivity index (χ4v) is 11.1. The number of benzene rings is 1. The maximum Gasteiger partial charge on any atom is 0.296 e. The minimum atomic E-state index is -3.74. The second-order valence-corrected chi connectivity index (χ2v) is 23.0. The van der Waals surface area contributed by atoms with E-state index in [1.165, 1.54) is 44.9 Å². The molecular formula is C37H58O4SSi. The van der Waals surface area contributed by atoms with E-state index >= 15 is 0 Å². The maximum atomic E-state index is 12.9. The Labute approximate surface area is 264 Å². The Hall–Kier alpha value is -1.21. The van der Waals surface area contributed by atoms with Crippen LogP contribution < -0.4 is 0 Å². The van der Waals surface area contributed by atoms with Crippen LogP contribution in [0.1, 0.15) is 105 Å². The molecule has 4 saturated carbocycles. The van der Waals surface area contributed by atoms with Gasteiger partial charge in [-0.05, 0) is 129 Å². The van der Waals surface area contributed by atoms with Crippen molar-refractivity contribution in [3.63, 3.8) is 0 Å². The van der Waals surface area contributed by atoms with Gasteiger partial charge in [0.05, 0.1) is 17.6 Å². The van der Waals surface area contributed by atoms with Crippen LogP contribution in [-0.4, -0.2) is 29.4 Å². The molecule has 0 aliphatic heterocycles. The summed E-state index contributed by atoms with van der Waals surface area (Å²) in [6.45, 7) is 21.3. The van der Waals surface area contributed by atoms with Gasteiger partial charge in [0.2, 0.25) is 0 Å². The topological polar surface area (TPSA) is 52.6 Å². The van der Waals surface area contributed by atoms with Crippen LogP contribution in [0.4, 0.5) is 0 Å². The second kappa shape index (κ2) is 11.9. The summed E-state index contributed by atoms with van der Waals surface area (Å²) in [5.74, 6) is 1.92. The third-order valence-electron chi connectivity index (χ3n) is 12.8. The highest BCUT2D eigenvalue weighted by Gasteiger charge is 2.58. The van der Waals surface area contributed by atoms with E-state index in [1.54, 1.807) is 23.3 Å². The Balaban J connectivity index is 1.27. The van der Waals surface area contributed by atoms with Gasteiger partial charge in [0, 0.05) is 0 Å². The number of allylic oxidation sites excluding steroid dienone is 3. The van der Waals surface area contributed by atoms with Gasteiger partial charge in [-0.15, -0.1) is 0 Å². The molecule has 4 aliphatic rings. The molecule has 1 aromatic carbocycles. The van der Waals surface area contributed by atoms with Gasteiger partial charge >= 0.3 is 0 Å². The van der Waals surface area contributed by atoms with Crippen LogP contribution in [0, 0.1) is 41.4 Å². The molecule has 6 heteroatoms. The molecule has 0 bridgehead atoms. The van der Waals surface area contributed by atoms with E-state index in [-0.39, 0.29) is 27.9 Å². The molecule has 0 N–H and O–H groups in total. The first kappa shape index (κ1) is 33.2. The summed E-state index contributed by atoms with van der Waals surface area (Å²) in [5, 5.41) is 0.230. The quantitative estimate of drug-likeness (QED) is 0.213. The zero-order valence-corrected chi connectivity index (χ0v) is 30.3. The molecule has 6 atom stereocenters. The molecule has 0 aromatic heterocycles. The van der Waals surface area contributed by atoms with Crippen molar-refractivity contribution in [3.05, 3.63) is 53.1 Å². The SMILES string of the molecule is Cc1ccc(S(=O)(=O)OC[C@H](C)[C@H]2CC[C@H]3/C(=C/C=C4/C[C@@H](C)C5(CC5)[C@H](O[Si](C)(C)C(C)(C)C)C4)CCC[C@]23C)cc1. The molecule has 1 aromatic rings. The Bertz CT molecular complexity index is 1330. The minimum absolute atomic E-state index is 0.190. The Kier molecular flexibility index (Phi) is 9.14. The minimum Gasteiger partial charge on any atom is -0.413 e. The van der Waals surface area contributed by atoms with Gasteiger partial charge in [-0.25, -0.2) is 0 Å². The number of rotatable bonds is 8. The summed E-state index contributed by atoms with van der Waals surface area (Å²) >= 11 is 0. The number of fused-ring (bicyclic) bond motifs is 1. The molecule has 240 valence electrons. The largest absolute Gasteiger partial charge is 0.413 e. The lowest BCUT2D eigenvalue weighted by Crippen LogP contribution is -2.48. The van der Waals surface area contributed by atoms with Crippen molar-refractivity contribution in [3.8, 4) is 0 Å². The van der Waals surface area contributed by atoms with Gasteiger partial charge in [0.25, 0.3) is 10.1 Å². The average Bonchev–Trinajstić information content (AvgIpc) is 3.64. The van der Waals surface area contributed by atoms with Crippen LogP contribution >= 0.6 is 0 Å². The zero-order valence-electron chi connectivity index (χ0n) is 28.5. The first-order chi connectivity index (χ1) is 20.0. The maximum absolute atomic E-state index is 12.9. The van der Waals surface area contributed by atoms with E-state index in [0.29, 0.717) is 29.3 Å². The second-order valence-electron chi connectivity index (χ2n) is 16.6. The molecule has 0 unspecified atom stereocenters. The van der Waals surface area contributed by atoms with E-state index in [0.717, 1.165) is 18.4 Å². The summed E-state index contributed by atoms with van der Waals surface area (Å²) in [6.07, 6.45) is 16.3. The fraction of sp³-hybridized carbons (Fsp3) is 0.730. The summed E-state index contributed by atoms with van der Waals surface area (Å²) in [5.41, 5.74) is 4.84. The Morgan fingerprint density at radius 3 is 2.35 bits per heavy atom. The van der Waals surface area contributed by atoms with Crippen molar-refractivity contribution >= 4 is 18.4 Å². The lowest BCUT2D eigenvalue weighted by molar-refractivity contribution is 0.0498. The van der Waals surface area contributed by atoms with E-state index in [1.807, 2.05) is 19.1 Å². The third-order valence-corrected chi connectivity index (χ3v) is 18.5. The summed E-state index contributed by atoms with van der Waals surface area (Å²) in [7, 11) is -5.58. The molecule has 0 saturated heterocycles. The smallest absolute Gasteiger partial charge is 0.296 e. The predicted octanol–water partition coefficient (Wildman–Crippen LogP) is 10.0. The van der Waals surface area contributed by atoms with E-state index in [9.17, 15) is 8.42 Å². The molecule has 1 spiro atoms. The van der Waals surface area contributed by atoms with Crippen molar-refractivity contribution in [2.45, 2.75) is 135 Å². The standard InChI is InChI=1S/C37H58O4SSi/c1-26-12-16-31(17-13-26)42(38,39)40-25-27(2)32-18-19-33-30(11-10-20-36(32,33)7)15-14-29-23-28(3)37(21-22-37)34(24-29)41-43(8,9)35(4,5)6/h12-17,27-28,32-34H,10-11,18-25H2,1-9H3/b29-14-,30-15+/t27-,28+,32+,33-,34+,36+/m0/s1. The number of aryl methyl sites for hydroxylation is 1. The summed E-state index contributed by atoms with van der Waals surface area (Å²) in [6, 6.07) is 6.95. The first-order valence-electron chi connectivity index (χ1n) is 17.0.